The fourth-order valence-corrected chi connectivity index (χ4v) is 0.568. The third-order valence-corrected chi connectivity index (χ3v) is 1.16. The van der Waals surface area contributed by atoms with Gasteiger partial charge in [-0.1, -0.05) is 20.3 Å². The summed E-state index contributed by atoms with van der Waals surface area (Å²) in [7, 11) is 0. The third-order valence-electron chi connectivity index (χ3n) is 1.16. The lowest BCUT2D eigenvalue weighted by Gasteiger charge is -2.02. The van der Waals surface area contributed by atoms with E-state index in [4.69, 9.17) is 9.47 Å². The van der Waals surface area contributed by atoms with Crippen LogP contribution >= 0.6 is 0 Å². The third kappa shape index (κ3) is 7.92. The van der Waals surface area contributed by atoms with Gasteiger partial charge in [-0.25, -0.2) is 0 Å². The minimum absolute atomic E-state index is 0.466. The van der Waals surface area contributed by atoms with Crippen molar-refractivity contribution in [3.63, 3.8) is 0 Å². The van der Waals surface area contributed by atoms with Crippen LogP contribution in [0.15, 0.2) is 0 Å². The van der Waals surface area contributed by atoms with Gasteiger partial charge < -0.3 is 9.47 Å². The molecule has 0 unspecified atom stereocenters. The van der Waals surface area contributed by atoms with Crippen molar-refractivity contribution < 1.29 is 9.47 Å². The van der Waals surface area contributed by atoms with Crippen molar-refractivity contribution in [1.82, 2.24) is 0 Å². The zero-order chi connectivity index (χ0) is 7.66. The second-order valence-corrected chi connectivity index (χ2v) is 2.29. The largest absolute Gasteiger partial charge is 0.355 e. The van der Waals surface area contributed by atoms with Crippen LogP contribution in [0.3, 0.4) is 0 Å². The lowest BCUT2D eigenvalue weighted by atomic mass is 10.4. The van der Waals surface area contributed by atoms with Crippen LogP contribution in [0.2, 0.25) is 0 Å². The van der Waals surface area contributed by atoms with Crippen LogP contribution in [0.1, 0.15) is 33.1 Å². The summed E-state index contributed by atoms with van der Waals surface area (Å²) in [5.41, 5.74) is 0. The van der Waals surface area contributed by atoms with Gasteiger partial charge in [0.25, 0.3) is 0 Å². The van der Waals surface area contributed by atoms with Crippen molar-refractivity contribution in [1.29, 1.82) is 0 Å². The van der Waals surface area contributed by atoms with Gasteiger partial charge in [-0.3, -0.25) is 0 Å². The Morgan fingerprint density at radius 3 is 2.20 bits per heavy atom. The van der Waals surface area contributed by atoms with Crippen LogP contribution in [0.25, 0.3) is 0 Å². The van der Waals surface area contributed by atoms with E-state index in [-0.39, 0.29) is 0 Å². The molecule has 0 heterocycles. The maximum absolute atomic E-state index is 5.15. The highest BCUT2D eigenvalue weighted by atomic mass is 16.7. The second-order valence-electron chi connectivity index (χ2n) is 2.29. The molecule has 10 heavy (non-hydrogen) atoms. The van der Waals surface area contributed by atoms with Crippen LogP contribution in [0, 0.1) is 0 Å². The zero-order valence-corrected chi connectivity index (χ0v) is 7.06. The molecule has 0 saturated carbocycles. The van der Waals surface area contributed by atoms with Gasteiger partial charge in [0.2, 0.25) is 0 Å². The molecule has 62 valence electrons. The lowest BCUT2D eigenvalue weighted by Crippen LogP contribution is -2.01. The Morgan fingerprint density at radius 1 is 0.900 bits per heavy atom. The summed E-state index contributed by atoms with van der Waals surface area (Å²) in [6.07, 6.45) is 3.39. The maximum Gasteiger partial charge on any atom is 0.146 e. The highest BCUT2D eigenvalue weighted by molar-refractivity contribution is 4.28. The highest BCUT2D eigenvalue weighted by Gasteiger charge is 1.85. The molecule has 0 aliphatic heterocycles. The summed E-state index contributed by atoms with van der Waals surface area (Å²) in [6.45, 7) is 6.35. The highest BCUT2D eigenvalue weighted by Crippen LogP contribution is 1.88. The molecule has 0 aliphatic rings. The molecule has 0 aromatic heterocycles. The molecular formula is C8H18O2. The van der Waals surface area contributed by atoms with Crippen molar-refractivity contribution in [3.05, 3.63) is 0 Å². The summed E-state index contributed by atoms with van der Waals surface area (Å²) in [5, 5.41) is 0. The lowest BCUT2D eigenvalue weighted by molar-refractivity contribution is -0.0540. The van der Waals surface area contributed by atoms with Gasteiger partial charge in [-0.15, -0.1) is 0 Å². The molecule has 0 radical (unpaired) electrons. The van der Waals surface area contributed by atoms with Gasteiger partial charge in [-0.05, 0) is 12.8 Å². The molecule has 0 aromatic carbocycles. The van der Waals surface area contributed by atoms with Gasteiger partial charge in [-0.2, -0.15) is 0 Å². The molecule has 0 rings (SSSR count). The monoisotopic (exact) mass is 146 g/mol. The summed E-state index contributed by atoms with van der Waals surface area (Å²) in [4.78, 5) is 0. The van der Waals surface area contributed by atoms with Crippen LogP contribution in [-0.2, 0) is 9.47 Å². The molecule has 0 fully saturated rings. The Bertz CT molecular complexity index is 47.2. The van der Waals surface area contributed by atoms with Crippen molar-refractivity contribution in [2.24, 2.45) is 0 Å². The SMILES string of the molecule is CCCCOCOCCC. The first-order valence-electron chi connectivity index (χ1n) is 4.07. The molecule has 0 bridgehead atoms. The van der Waals surface area contributed by atoms with E-state index >= 15 is 0 Å². The van der Waals surface area contributed by atoms with E-state index < -0.39 is 0 Å². The summed E-state index contributed by atoms with van der Waals surface area (Å²) in [6, 6.07) is 0. The smallest absolute Gasteiger partial charge is 0.146 e. The first kappa shape index (κ1) is 9.92. The second kappa shape index (κ2) is 8.92. The van der Waals surface area contributed by atoms with Crippen molar-refractivity contribution >= 4 is 0 Å². The molecule has 0 amide bonds. The van der Waals surface area contributed by atoms with E-state index in [1.54, 1.807) is 0 Å². The summed E-state index contributed by atoms with van der Waals surface area (Å²) >= 11 is 0. The van der Waals surface area contributed by atoms with Gasteiger partial charge in [0, 0.05) is 13.2 Å². The van der Waals surface area contributed by atoms with Crippen molar-refractivity contribution in [2.75, 3.05) is 20.0 Å². The van der Waals surface area contributed by atoms with E-state index in [0.29, 0.717) is 6.79 Å². The Morgan fingerprint density at radius 2 is 1.60 bits per heavy atom. The molecule has 0 N–H and O–H groups in total. The fraction of sp³-hybridized carbons (Fsp3) is 1.00. The average molecular weight is 146 g/mol. The Balaban J connectivity index is 2.65. The Kier molecular flexibility index (Phi) is 8.85. The van der Waals surface area contributed by atoms with Crippen molar-refractivity contribution in [3.8, 4) is 0 Å². The summed E-state index contributed by atoms with van der Waals surface area (Å²) in [5.74, 6) is 0. The summed E-state index contributed by atoms with van der Waals surface area (Å²) < 4.78 is 10.3. The molecule has 2 heteroatoms. The number of hydrogen-bond acceptors (Lipinski definition) is 2. The van der Waals surface area contributed by atoms with Gasteiger partial charge in [0.1, 0.15) is 6.79 Å². The number of hydrogen-bond donors (Lipinski definition) is 0. The quantitative estimate of drug-likeness (QED) is 0.405. The predicted octanol–water partition coefficient (Wildman–Crippen LogP) is 2.19. The van der Waals surface area contributed by atoms with Gasteiger partial charge >= 0.3 is 0 Å². The zero-order valence-electron chi connectivity index (χ0n) is 7.06. The fourth-order valence-electron chi connectivity index (χ4n) is 0.568. The normalized spacial score (nSPS) is 10.2. The number of ether oxygens (including phenoxy) is 2. The Labute approximate surface area is 63.5 Å². The van der Waals surface area contributed by atoms with E-state index in [0.717, 1.165) is 26.1 Å². The van der Waals surface area contributed by atoms with E-state index in [2.05, 4.69) is 13.8 Å². The van der Waals surface area contributed by atoms with E-state index in [9.17, 15) is 0 Å². The van der Waals surface area contributed by atoms with Crippen molar-refractivity contribution in [2.45, 2.75) is 33.1 Å². The minimum atomic E-state index is 0.466. The van der Waals surface area contributed by atoms with Crippen LogP contribution in [-0.4, -0.2) is 20.0 Å². The molecule has 2 nitrogen and oxygen atoms in total. The molecule has 0 atom stereocenters. The standard InChI is InChI=1S/C8H18O2/c1-3-5-7-10-8-9-6-4-2/h3-8H2,1-2H3. The number of rotatable bonds is 7. The molecule has 0 saturated heterocycles. The molecule has 0 aromatic rings. The first-order valence-corrected chi connectivity index (χ1v) is 4.07. The first-order chi connectivity index (χ1) is 4.91. The van der Waals surface area contributed by atoms with Crippen LogP contribution < -0.4 is 0 Å². The predicted molar refractivity (Wildman–Crippen MR) is 42.0 cm³/mol. The van der Waals surface area contributed by atoms with E-state index in [1.165, 1.54) is 6.42 Å². The molecular weight excluding hydrogens is 128 g/mol. The molecule has 0 aliphatic carbocycles. The van der Waals surface area contributed by atoms with Crippen LogP contribution in [0.4, 0.5) is 0 Å². The topological polar surface area (TPSA) is 18.5 Å². The number of unbranched alkanes of at least 4 members (excludes halogenated alkanes) is 1. The van der Waals surface area contributed by atoms with Gasteiger partial charge in [0.05, 0.1) is 0 Å². The molecule has 0 spiro atoms. The minimum Gasteiger partial charge on any atom is -0.355 e. The average Bonchev–Trinajstić information content (AvgIpc) is 1.97. The maximum atomic E-state index is 5.15. The Hall–Kier alpha value is -0.0800. The van der Waals surface area contributed by atoms with Gasteiger partial charge in [0.15, 0.2) is 0 Å². The van der Waals surface area contributed by atoms with E-state index in [1.807, 2.05) is 0 Å². The van der Waals surface area contributed by atoms with Crippen LogP contribution in [0.5, 0.6) is 0 Å².